The molecule has 0 radical (unpaired) electrons. The number of hydroxylamine groups is 1. The second-order valence-corrected chi connectivity index (χ2v) is 5.22. The number of nitrogens with zero attached hydrogens (tertiary/aromatic N) is 2. The van der Waals surface area contributed by atoms with Gasteiger partial charge in [0, 0.05) is 19.6 Å². The monoisotopic (exact) mass is 287 g/mol. The molecule has 1 fully saturated rings. The zero-order valence-electron chi connectivity index (χ0n) is 12.1. The van der Waals surface area contributed by atoms with Crippen LogP contribution in [0.15, 0.2) is 41.4 Å². The van der Waals surface area contributed by atoms with Crippen molar-refractivity contribution < 1.29 is 9.57 Å². The Morgan fingerprint density at radius 3 is 2.71 bits per heavy atom. The van der Waals surface area contributed by atoms with Crippen LogP contribution in [0.5, 0.6) is 0 Å². The molecule has 2 heterocycles. The maximum atomic E-state index is 5.67. The quantitative estimate of drug-likeness (QED) is 0.907. The summed E-state index contributed by atoms with van der Waals surface area (Å²) < 4.78 is 5.35. The van der Waals surface area contributed by atoms with Crippen LogP contribution in [0.25, 0.3) is 6.08 Å². The van der Waals surface area contributed by atoms with E-state index in [1.165, 1.54) is 0 Å². The summed E-state index contributed by atoms with van der Waals surface area (Å²) in [6.07, 6.45) is 4.08. The predicted molar refractivity (Wildman–Crippen MR) is 83.0 cm³/mol. The van der Waals surface area contributed by atoms with Gasteiger partial charge in [-0.2, -0.15) is 0 Å². The molecule has 1 atom stereocenters. The zero-order chi connectivity index (χ0) is 14.3. The summed E-state index contributed by atoms with van der Waals surface area (Å²) in [6.45, 7) is 5.17. The third-order valence-electron chi connectivity index (χ3n) is 3.59. The number of aliphatic imine (C=N–C) groups is 1. The van der Waals surface area contributed by atoms with Crippen molar-refractivity contribution >= 4 is 11.9 Å². The summed E-state index contributed by atoms with van der Waals surface area (Å²) in [5, 5.41) is 0. The molecule has 5 heteroatoms. The van der Waals surface area contributed by atoms with Crippen molar-refractivity contribution in [3.05, 3.63) is 42.0 Å². The van der Waals surface area contributed by atoms with Gasteiger partial charge >= 0.3 is 0 Å². The number of benzene rings is 1. The summed E-state index contributed by atoms with van der Waals surface area (Å²) in [5.74, 6) is 0.775. The topological polar surface area (TPSA) is 46.1 Å². The van der Waals surface area contributed by atoms with E-state index in [0.717, 1.165) is 44.2 Å². The average molecular weight is 287 g/mol. The molecule has 0 aliphatic carbocycles. The van der Waals surface area contributed by atoms with E-state index in [9.17, 15) is 0 Å². The fraction of sp³-hybridized carbons (Fsp3) is 0.438. The van der Waals surface area contributed by atoms with Gasteiger partial charge in [-0.05, 0) is 11.6 Å². The van der Waals surface area contributed by atoms with Crippen molar-refractivity contribution in [3.8, 4) is 0 Å². The molecule has 3 rings (SSSR count). The first-order chi connectivity index (χ1) is 10.4. The van der Waals surface area contributed by atoms with Gasteiger partial charge < -0.3 is 4.74 Å². The molecule has 0 aromatic heterocycles. The van der Waals surface area contributed by atoms with Crippen LogP contribution < -0.4 is 5.48 Å². The van der Waals surface area contributed by atoms with Gasteiger partial charge in [-0.3, -0.25) is 14.7 Å². The summed E-state index contributed by atoms with van der Waals surface area (Å²) in [4.78, 5) is 12.6. The SMILES string of the molecule is C(=Cc1ccccc1)C1=NCC(CN2CCOCC2)ON1. The van der Waals surface area contributed by atoms with Gasteiger partial charge in [0.05, 0.1) is 19.8 Å². The second-order valence-electron chi connectivity index (χ2n) is 5.22. The summed E-state index contributed by atoms with van der Waals surface area (Å²) in [7, 11) is 0. The fourth-order valence-corrected chi connectivity index (χ4v) is 2.41. The first kappa shape index (κ1) is 14.3. The number of nitrogens with one attached hydrogen (secondary N) is 1. The van der Waals surface area contributed by atoms with Gasteiger partial charge in [0.15, 0.2) is 0 Å². The Bertz CT molecular complexity index is 496. The van der Waals surface area contributed by atoms with Crippen LogP contribution >= 0.6 is 0 Å². The molecule has 1 unspecified atom stereocenters. The molecule has 112 valence electrons. The second kappa shape index (κ2) is 7.36. The summed E-state index contributed by atoms with van der Waals surface area (Å²) in [6, 6.07) is 10.2. The predicted octanol–water partition coefficient (Wildman–Crippen LogP) is 1.33. The smallest absolute Gasteiger partial charge is 0.145 e. The summed E-state index contributed by atoms with van der Waals surface area (Å²) in [5.41, 5.74) is 4.08. The average Bonchev–Trinajstić information content (AvgIpc) is 2.56. The largest absolute Gasteiger partial charge is 0.379 e. The third-order valence-corrected chi connectivity index (χ3v) is 3.59. The highest BCUT2D eigenvalue weighted by Crippen LogP contribution is 2.06. The van der Waals surface area contributed by atoms with E-state index in [1.807, 2.05) is 30.4 Å². The van der Waals surface area contributed by atoms with E-state index in [1.54, 1.807) is 0 Å². The lowest BCUT2D eigenvalue weighted by Gasteiger charge is -2.31. The normalized spacial score (nSPS) is 23.8. The van der Waals surface area contributed by atoms with Crippen molar-refractivity contribution in [1.29, 1.82) is 0 Å². The molecule has 21 heavy (non-hydrogen) atoms. The van der Waals surface area contributed by atoms with Crippen molar-refractivity contribution in [3.63, 3.8) is 0 Å². The fourth-order valence-electron chi connectivity index (χ4n) is 2.41. The lowest BCUT2D eigenvalue weighted by Crippen LogP contribution is -2.46. The Morgan fingerprint density at radius 2 is 2.00 bits per heavy atom. The van der Waals surface area contributed by atoms with E-state index in [4.69, 9.17) is 9.57 Å². The molecule has 1 saturated heterocycles. The first-order valence-corrected chi connectivity index (χ1v) is 7.39. The molecule has 0 bridgehead atoms. The Balaban J connectivity index is 1.48. The van der Waals surface area contributed by atoms with E-state index in [2.05, 4.69) is 27.5 Å². The van der Waals surface area contributed by atoms with Gasteiger partial charge in [0.2, 0.25) is 0 Å². The van der Waals surface area contributed by atoms with E-state index >= 15 is 0 Å². The lowest BCUT2D eigenvalue weighted by atomic mass is 10.2. The van der Waals surface area contributed by atoms with E-state index < -0.39 is 0 Å². The summed E-state index contributed by atoms with van der Waals surface area (Å²) >= 11 is 0. The van der Waals surface area contributed by atoms with Crippen molar-refractivity contribution in [2.45, 2.75) is 6.10 Å². The van der Waals surface area contributed by atoms with Gasteiger partial charge in [-0.1, -0.05) is 36.4 Å². The van der Waals surface area contributed by atoms with Crippen LogP contribution in [0.4, 0.5) is 0 Å². The minimum Gasteiger partial charge on any atom is -0.379 e. The molecule has 0 spiro atoms. The lowest BCUT2D eigenvalue weighted by molar-refractivity contribution is -0.0346. The van der Waals surface area contributed by atoms with Crippen molar-refractivity contribution in [2.75, 3.05) is 39.4 Å². The molecular formula is C16H21N3O2. The molecule has 0 amide bonds. The molecule has 1 aromatic rings. The van der Waals surface area contributed by atoms with Gasteiger partial charge in [0.1, 0.15) is 11.9 Å². The Kier molecular flexibility index (Phi) is 4.99. The molecule has 2 aliphatic heterocycles. The Labute approximate surface area is 125 Å². The van der Waals surface area contributed by atoms with Gasteiger partial charge in [-0.25, -0.2) is 5.48 Å². The highest BCUT2D eigenvalue weighted by Gasteiger charge is 2.20. The van der Waals surface area contributed by atoms with Crippen LogP contribution in [-0.2, 0) is 9.57 Å². The van der Waals surface area contributed by atoms with Crippen LogP contribution in [0.3, 0.4) is 0 Å². The number of morpholine rings is 1. The highest BCUT2D eigenvalue weighted by molar-refractivity contribution is 5.96. The maximum absolute atomic E-state index is 5.67. The standard InChI is InChI=1S/C16H21N3O2/c1-2-4-14(5-3-1)6-7-16-17-12-15(21-18-16)13-19-8-10-20-11-9-19/h1-7,15H,8-13H2,(H,17,18). The molecule has 5 nitrogen and oxygen atoms in total. The first-order valence-electron chi connectivity index (χ1n) is 7.39. The van der Waals surface area contributed by atoms with Crippen molar-refractivity contribution in [1.82, 2.24) is 10.4 Å². The maximum Gasteiger partial charge on any atom is 0.145 e. The van der Waals surface area contributed by atoms with Crippen LogP contribution in [-0.4, -0.2) is 56.2 Å². The van der Waals surface area contributed by atoms with Crippen molar-refractivity contribution in [2.24, 2.45) is 4.99 Å². The minimum atomic E-state index is 0.108. The molecule has 0 saturated carbocycles. The Hall–Kier alpha value is -1.69. The van der Waals surface area contributed by atoms with Gasteiger partial charge in [-0.15, -0.1) is 0 Å². The molecule has 1 aromatic carbocycles. The molecular weight excluding hydrogens is 266 g/mol. The minimum absolute atomic E-state index is 0.108. The zero-order valence-corrected chi connectivity index (χ0v) is 12.1. The number of amidine groups is 1. The number of rotatable bonds is 4. The third kappa shape index (κ3) is 4.39. The number of ether oxygens (including phenoxy) is 1. The molecule has 1 N–H and O–H groups in total. The Morgan fingerprint density at radius 1 is 1.19 bits per heavy atom. The van der Waals surface area contributed by atoms with Gasteiger partial charge in [0.25, 0.3) is 0 Å². The highest BCUT2D eigenvalue weighted by atomic mass is 16.7. The molecule has 2 aliphatic rings. The van der Waals surface area contributed by atoms with Crippen LogP contribution in [0, 0.1) is 0 Å². The van der Waals surface area contributed by atoms with Crippen LogP contribution in [0.1, 0.15) is 5.56 Å². The van der Waals surface area contributed by atoms with E-state index in [-0.39, 0.29) is 6.10 Å². The number of hydrogen-bond donors (Lipinski definition) is 1. The van der Waals surface area contributed by atoms with Crippen LogP contribution in [0.2, 0.25) is 0 Å². The van der Waals surface area contributed by atoms with E-state index in [0.29, 0.717) is 6.54 Å². The number of hydrogen-bond acceptors (Lipinski definition) is 5.